The van der Waals surface area contributed by atoms with Gasteiger partial charge in [0.1, 0.15) is 11.6 Å². The number of benzene rings is 2. The molecule has 1 aliphatic heterocycles. The van der Waals surface area contributed by atoms with E-state index in [1.54, 1.807) is 7.11 Å². The SMILES string of the molecule is COc1cc2c(cc1Nc1ncc(C(N)=O)c(NCc3ccccc3C(F)(F)F)n1)CN(C)CC2. The fraction of sp³-hybridized carbons (Fsp3) is 0.292. The molecule has 0 bridgehead atoms. The summed E-state index contributed by atoms with van der Waals surface area (Å²) in [4.78, 5) is 22.6. The van der Waals surface area contributed by atoms with Crippen LogP contribution in [0.3, 0.4) is 0 Å². The lowest BCUT2D eigenvalue weighted by molar-refractivity contribution is -0.138. The van der Waals surface area contributed by atoms with Crippen molar-refractivity contribution in [2.45, 2.75) is 25.7 Å². The molecule has 0 aliphatic carbocycles. The summed E-state index contributed by atoms with van der Waals surface area (Å²) >= 11 is 0. The van der Waals surface area contributed by atoms with Gasteiger partial charge in [-0.3, -0.25) is 4.79 Å². The van der Waals surface area contributed by atoms with Crippen molar-refractivity contribution in [3.63, 3.8) is 0 Å². The van der Waals surface area contributed by atoms with E-state index in [9.17, 15) is 18.0 Å². The number of anilines is 3. The van der Waals surface area contributed by atoms with E-state index in [0.717, 1.165) is 31.1 Å². The standard InChI is InChI=1S/C24H25F3N6O2/c1-33-8-7-14-10-20(35-2)19(9-16(14)13-33)31-23-30-12-17(21(28)34)22(32-23)29-11-15-5-3-4-6-18(15)24(25,26)27/h3-6,9-10,12H,7-8,11,13H2,1-2H3,(H2,28,34)(H2,29,30,31,32). The molecule has 0 atom stereocenters. The highest BCUT2D eigenvalue weighted by atomic mass is 19.4. The Kier molecular flexibility index (Phi) is 6.79. The first-order chi connectivity index (χ1) is 16.7. The number of rotatable bonds is 7. The molecule has 35 heavy (non-hydrogen) atoms. The number of nitrogens with two attached hydrogens (primary N) is 1. The molecule has 0 saturated heterocycles. The van der Waals surface area contributed by atoms with E-state index in [1.165, 1.54) is 30.0 Å². The van der Waals surface area contributed by atoms with Gasteiger partial charge in [-0.1, -0.05) is 18.2 Å². The first-order valence-electron chi connectivity index (χ1n) is 10.9. The number of nitrogens with one attached hydrogen (secondary N) is 2. The number of likely N-dealkylation sites (N-methyl/N-ethyl adjacent to an activating group) is 1. The van der Waals surface area contributed by atoms with Gasteiger partial charge in [0.05, 0.1) is 23.9 Å². The average molecular weight is 486 g/mol. The van der Waals surface area contributed by atoms with Gasteiger partial charge in [-0.05, 0) is 48.4 Å². The van der Waals surface area contributed by atoms with Crippen molar-refractivity contribution in [3.8, 4) is 5.75 Å². The fourth-order valence-electron chi connectivity index (χ4n) is 4.00. The summed E-state index contributed by atoms with van der Waals surface area (Å²) in [5.41, 5.74) is 7.58. The predicted octanol–water partition coefficient (Wildman–Crippen LogP) is 3.95. The van der Waals surface area contributed by atoms with Gasteiger partial charge in [0.25, 0.3) is 5.91 Å². The zero-order valence-electron chi connectivity index (χ0n) is 19.2. The summed E-state index contributed by atoms with van der Waals surface area (Å²) < 4.78 is 45.6. The van der Waals surface area contributed by atoms with Crippen LogP contribution < -0.4 is 21.1 Å². The highest BCUT2D eigenvalue weighted by molar-refractivity contribution is 5.97. The summed E-state index contributed by atoms with van der Waals surface area (Å²) in [5.74, 6) is -0.0605. The number of ether oxygens (including phenoxy) is 1. The summed E-state index contributed by atoms with van der Waals surface area (Å²) in [6.07, 6.45) is -2.38. The Morgan fingerprint density at radius 1 is 1.23 bits per heavy atom. The van der Waals surface area contributed by atoms with E-state index in [2.05, 4.69) is 25.5 Å². The Labute approximate surface area is 200 Å². The molecule has 0 spiro atoms. The van der Waals surface area contributed by atoms with Gasteiger partial charge in [0, 0.05) is 25.8 Å². The van der Waals surface area contributed by atoms with Crippen LogP contribution in [0.1, 0.15) is 32.6 Å². The van der Waals surface area contributed by atoms with Crippen LogP contribution in [0.15, 0.2) is 42.6 Å². The average Bonchev–Trinajstić information content (AvgIpc) is 2.81. The maximum Gasteiger partial charge on any atom is 0.416 e. The minimum absolute atomic E-state index is 0.00372. The highest BCUT2D eigenvalue weighted by Crippen LogP contribution is 2.34. The highest BCUT2D eigenvalue weighted by Gasteiger charge is 2.32. The van der Waals surface area contributed by atoms with Crippen LogP contribution in [0.4, 0.5) is 30.6 Å². The van der Waals surface area contributed by atoms with Gasteiger partial charge in [0.2, 0.25) is 5.95 Å². The maximum absolute atomic E-state index is 13.4. The van der Waals surface area contributed by atoms with Crippen LogP contribution in [0.5, 0.6) is 5.75 Å². The smallest absolute Gasteiger partial charge is 0.416 e. The number of nitrogens with zero attached hydrogens (tertiary/aromatic N) is 3. The topological polar surface area (TPSA) is 105 Å². The second-order valence-corrected chi connectivity index (χ2v) is 8.26. The minimum Gasteiger partial charge on any atom is -0.495 e. The number of alkyl halides is 3. The van der Waals surface area contributed by atoms with Gasteiger partial charge >= 0.3 is 6.18 Å². The molecule has 184 valence electrons. The normalized spacial score (nSPS) is 13.7. The Balaban J connectivity index is 1.62. The zero-order valence-corrected chi connectivity index (χ0v) is 19.2. The first kappa shape index (κ1) is 24.3. The minimum atomic E-state index is -4.51. The van der Waals surface area contributed by atoms with Crippen LogP contribution in [-0.2, 0) is 25.7 Å². The Morgan fingerprint density at radius 3 is 2.71 bits per heavy atom. The van der Waals surface area contributed by atoms with E-state index in [4.69, 9.17) is 10.5 Å². The number of aromatic nitrogens is 2. The van der Waals surface area contributed by atoms with Gasteiger partial charge < -0.3 is 26.0 Å². The van der Waals surface area contributed by atoms with E-state index >= 15 is 0 Å². The lowest BCUT2D eigenvalue weighted by atomic mass is 9.99. The van der Waals surface area contributed by atoms with Gasteiger partial charge in [-0.15, -0.1) is 0 Å². The van der Waals surface area contributed by atoms with Gasteiger partial charge in [0.15, 0.2) is 0 Å². The second-order valence-electron chi connectivity index (χ2n) is 8.26. The molecule has 2 aromatic carbocycles. The largest absolute Gasteiger partial charge is 0.495 e. The van der Waals surface area contributed by atoms with Gasteiger partial charge in [-0.2, -0.15) is 18.2 Å². The van der Waals surface area contributed by atoms with Crippen LogP contribution >= 0.6 is 0 Å². The van der Waals surface area contributed by atoms with Crippen molar-refractivity contribution < 1.29 is 22.7 Å². The number of fused-ring (bicyclic) bond motifs is 1. The number of hydrogen-bond acceptors (Lipinski definition) is 7. The van der Waals surface area contributed by atoms with Crippen molar-refractivity contribution in [2.75, 3.05) is 31.3 Å². The van der Waals surface area contributed by atoms with Crippen molar-refractivity contribution in [3.05, 3.63) is 70.4 Å². The lowest BCUT2D eigenvalue weighted by Gasteiger charge is -2.26. The molecule has 1 aromatic heterocycles. The van der Waals surface area contributed by atoms with Crippen molar-refractivity contribution in [2.24, 2.45) is 5.73 Å². The molecule has 8 nitrogen and oxygen atoms in total. The van der Waals surface area contributed by atoms with Crippen molar-refractivity contribution in [1.82, 2.24) is 14.9 Å². The number of methoxy groups -OCH3 is 1. The molecule has 1 aliphatic rings. The molecular weight excluding hydrogens is 461 g/mol. The van der Waals surface area contributed by atoms with Crippen LogP contribution in [0, 0.1) is 0 Å². The molecule has 1 amide bonds. The molecule has 0 radical (unpaired) electrons. The summed E-state index contributed by atoms with van der Waals surface area (Å²) in [6.45, 7) is 1.51. The molecule has 0 fully saturated rings. The summed E-state index contributed by atoms with van der Waals surface area (Å²) in [6, 6.07) is 9.11. The molecular formula is C24H25F3N6O2. The van der Waals surface area contributed by atoms with E-state index in [-0.39, 0.29) is 29.4 Å². The number of carbonyl (C=O) groups is 1. The number of halogens is 3. The molecule has 2 heterocycles. The molecule has 0 unspecified atom stereocenters. The third-order valence-corrected chi connectivity index (χ3v) is 5.79. The lowest BCUT2D eigenvalue weighted by Crippen LogP contribution is -2.26. The molecule has 0 saturated carbocycles. The van der Waals surface area contributed by atoms with E-state index in [0.29, 0.717) is 11.4 Å². The van der Waals surface area contributed by atoms with Crippen molar-refractivity contribution in [1.29, 1.82) is 0 Å². The fourth-order valence-corrected chi connectivity index (χ4v) is 4.00. The number of hydrogen-bond donors (Lipinski definition) is 3. The monoisotopic (exact) mass is 486 g/mol. The Bertz CT molecular complexity index is 1250. The third-order valence-electron chi connectivity index (χ3n) is 5.79. The quantitative estimate of drug-likeness (QED) is 0.465. The third kappa shape index (κ3) is 5.46. The zero-order chi connectivity index (χ0) is 25.2. The van der Waals surface area contributed by atoms with E-state index < -0.39 is 17.6 Å². The molecule has 3 aromatic rings. The van der Waals surface area contributed by atoms with Crippen LogP contribution in [0.2, 0.25) is 0 Å². The van der Waals surface area contributed by atoms with Crippen molar-refractivity contribution >= 4 is 23.4 Å². The number of carbonyl (C=O) groups excluding carboxylic acids is 1. The first-order valence-corrected chi connectivity index (χ1v) is 10.9. The summed E-state index contributed by atoms with van der Waals surface area (Å²) in [7, 11) is 3.60. The predicted molar refractivity (Wildman–Crippen MR) is 126 cm³/mol. The summed E-state index contributed by atoms with van der Waals surface area (Å²) in [5, 5.41) is 5.89. The van der Waals surface area contributed by atoms with Crippen LogP contribution in [-0.4, -0.2) is 41.5 Å². The van der Waals surface area contributed by atoms with Crippen LogP contribution in [0.25, 0.3) is 0 Å². The Morgan fingerprint density at radius 2 is 2.00 bits per heavy atom. The molecule has 4 N–H and O–H groups in total. The molecule has 11 heteroatoms. The van der Waals surface area contributed by atoms with Gasteiger partial charge in [-0.25, -0.2) is 4.98 Å². The second kappa shape index (κ2) is 9.79. The Hall–Kier alpha value is -3.86. The molecule has 4 rings (SSSR count). The number of primary amides is 1. The van der Waals surface area contributed by atoms with E-state index in [1.807, 2.05) is 19.2 Å². The maximum atomic E-state index is 13.4. The number of amides is 1.